The lowest BCUT2D eigenvalue weighted by atomic mass is 10.4. The average Bonchev–Trinajstić information content (AvgIpc) is 2.48. The number of unbranched alkanes of at least 4 members (excludes halogenated alkanes) is 1. The minimum Gasteiger partial charge on any atom is -0.380 e. The van der Waals surface area contributed by atoms with E-state index in [4.69, 9.17) is 4.74 Å². The summed E-state index contributed by atoms with van der Waals surface area (Å²) in [6, 6.07) is -0.311. The van der Waals surface area contributed by atoms with E-state index in [1.165, 1.54) is 4.90 Å². The van der Waals surface area contributed by atoms with Crippen LogP contribution in [0.3, 0.4) is 0 Å². The van der Waals surface area contributed by atoms with Crippen molar-refractivity contribution in [3.8, 4) is 0 Å². The van der Waals surface area contributed by atoms with Gasteiger partial charge in [0.15, 0.2) is 0 Å². The monoisotopic (exact) mass is 200 g/mol. The van der Waals surface area contributed by atoms with Crippen molar-refractivity contribution in [3.05, 3.63) is 0 Å². The molecule has 80 valence electrons. The molecule has 5 heteroatoms. The molecule has 0 radical (unpaired) electrons. The van der Waals surface area contributed by atoms with Crippen LogP contribution in [0, 0.1) is 0 Å². The molecule has 0 saturated carbocycles. The molecule has 1 fully saturated rings. The van der Waals surface area contributed by atoms with Gasteiger partial charge in [-0.1, -0.05) is 13.3 Å². The number of amides is 3. The van der Waals surface area contributed by atoms with Gasteiger partial charge in [0, 0.05) is 6.61 Å². The number of carbonyl (C=O) groups excluding carboxylic acids is 2. The Morgan fingerprint density at radius 3 is 2.79 bits per heavy atom. The summed E-state index contributed by atoms with van der Waals surface area (Å²) in [6.07, 6.45) is 2.10. The van der Waals surface area contributed by atoms with Crippen LogP contribution in [-0.4, -0.2) is 43.1 Å². The lowest BCUT2D eigenvalue weighted by Crippen LogP contribution is -2.34. The Kier molecular flexibility index (Phi) is 4.39. The highest BCUT2D eigenvalue weighted by Crippen LogP contribution is 1.98. The summed E-state index contributed by atoms with van der Waals surface area (Å²) in [5.41, 5.74) is 0. The van der Waals surface area contributed by atoms with Crippen LogP contribution in [0.4, 0.5) is 4.79 Å². The van der Waals surface area contributed by atoms with Crippen LogP contribution in [0.2, 0.25) is 0 Å². The second-order valence-electron chi connectivity index (χ2n) is 3.17. The van der Waals surface area contributed by atoms with Crippen molar-refractivity contribution >= 4 is 11.9 Å². The van der Waals surface area contributed by atoms with E-state index in [1.807, 2.05) is 0 Å². The molecular formula is C9H16N2O3. The Balaban J connectivity index is 2.11. The van der Waals surface area contributed by atoms with Crippen LogP contribution in [0.25, 0.3) is 0 Å². The van der Waals surface area contributed by atoms with Crippen molar-refractivity contribution < 1.29 is 14.3 Å². The van der Waals surface area contributed by atoms with Crippen LogP contribution < -0.4 is 5.32 Å². The lowest BCUT2D eigenvalue weighted by Gasteiger charge is -2.11. The van der Waals surface area contributed by atoms with Crippen molar-refractivity contribution in [1.29, 1.82) is 0 Å². The molecule has 1 rings (SSSR count). The number of nitrogens with zero attached hydrogens (tertiary/aromatic N) is 1. The average molecular weight is 200 g/mol. The molecule has 0 aromatic rings. The molecule has 0 aliphatic carbocycles. The van der Waals surface area contributed by atoms with Gasteiger partial charge in [-0.3, -0.25) is 9.69 Å². The predicted molar refractivity (Wildman–Crippen MR) is 50.8 cm³/mol. The molecule has 0 aromatic heterocycles. The summed E-state index contributed by atoms with van der Waals surface area (Å²) in [6.45, 7) is 3.68. The number of hydrogen-bond donors (Lipinski definition) is 1. The third kappa shape index (κ3) is 2.99. The smallest absolute Gasteiger partial charge is 0.324 e. The van der Waals surface area contributed by atoms with Crippen LogP contribution in [0.15, 0.2) is 0 Å². The van der Waals surface area contributed by atoms with Gasteiger partial charge in [-0.2, -0.15) is 0 Å². The molecule has 3 amide bonds. The number of rotatable bonds is 6. The molecule has 0 bridgehead atoms. The van der Waals surface area contributed by atoms with Crippen molar-refractivity contribution in [1.82, 2.24) is 10.2 Å². The van der Waals surface area contributed by atoms with Gasteiger partial charge >= 0.3 is 6.03 Å². The number of hydrogen-bond acceptors (Lipinski definition) is 3. The fourth-order valence-corrected chi connectivity index (χ4v) is 1.19. The number of carbonyl (C=O) groups is 2. The second kappa shape index (κ2) is 5.59. The Labute approximate surface area is 83.4 Å². The third-order valence-corrected chi connectivity index (χ3v) is 2.04. The van der Waals surface area contributed by atoms with Crippen molar-refractivity contribution in [2.45, 2.75) is 19.8 Å². The van der Waals surface area contributed by atoms with Gasteiger partial charge in [0.05, 0.1) is 19.7 Å². The van der Waals surface area contributed by atoms with Gasteiger partial charge in [-0.05, 0) is 6.42 Å². The zero-order chi connectivity index (χ0) is 10.4. The molecule has 1 heterocycles. The predicted octanol–water partition coefficient (Wildman–Crippen LogP) is 0.355. The van der Waals surface area contributed by atoms with E-state index in [0.29, 0.717) is 19.8 Å². The highest BCUT2D eigenvalue weighted by atomic mass is 16.5. The highest BCUT2D eigenvalue weighted by Gasteiger charge is 2.27. The van der Waals surface area contributed by atoms with Crippen LogP contribution in [0.5, 0.6) is 0 Å². The quantitative estimate of drug-likeness (QED) is 0.497. The van der Waals surface area contributed by atoms with E-state index in [-0.39, 0.29) is 18.5 Å². The summed E-state index contributed by atoms with van der Waals surface area (Å²) in [5.74, 6) is -0.172. The molecule has 0 unspecified atom stereocenters. The zero-order valence-electron chi connectivity index (χ0n) is 8.41. The third-order valence-electron chi connectivity index (χ3n) is 2.04. The Hall–Kier alpha value is -1.10. The maximum Gasteiger partial charge on any atom is 0.324 e. The van der Waals surface area contributed by atoms with Gasteiger partial charge < -0.3 is 10.1 Å². The number of ether oxygens (including phenoxy) is 1. The van der Waals surface area contributed by atoms with Crippen LogP contribution in [-0.2, 0) is 9.53 Å². The topological polar surface area (TPSA) is 58.6 Å². The first-order valence-electron chi connectivity index (χ1n) is 4.91. The van der Waals surface area contributed by atoms with E-state index >= 15 is 0 Å². The SMILES string of the molecule is CCCCOCCN1C(=O)CNC1=O. The van der Waals surface area contributed by atoms with Gasteiger partial charge in [-0.15, -0.1) is 0 Å². The van der Waals surface area contributed by atoms with Gasteiger partial charge in [0.2, 0.25) is 5.91 Å². The minimum absolute atomic E-state index is 0.119. The fourth-order valence-electron chi connectivity index (χ4n) is 1.19. The minimum atomic E-state index is -0.311. The summed E-state index contributed by atoms with van der Waals surface area (Å²) in [5, 5.41) is 2.45. The molecule has 0 spiro atoms. The first-order chi connectivity index (χ1) is 6.75. The molecule has 0 atom stereocenters. The number of nitrogens with one attached hydrogen (secondary N) is 1. The summed E-state index contributed by atoms with van der Waals surface area (Å²) >= 11 is 0. The first kappa shape index (κ1) is 11.0. The summed E-state index contributed by atoms with van der Waals surface area (Å²) in [4.78, 5) is 23.3. The maximum absolute atomic E-state index is 11.1. The summed E-state index contributed by atoms with van der Waals surface area (Å²) in [7, 11) is 0. The maximum atomic E-state index is 11.1. The normalized spacial score (nSPS) is 16.2. The fraction of sp³-hybridized carbons (Fsp3) is 0.778. The standard InChI is InChI=1S/C9H16N2O3/c1-2-3-5-14-6-4-11-8(12)7-10-9(11)13/h2-7H2,1H3,(H,10,13). The number of imide groups is 1. The van der Waals surface area contributed by atoms with Gasteiger partial charge in [0.25, 0.3) is 0 Å². The molecule has 0 aromatic carbocycles. The second-order valence-corrected chi connectivity index (χ2v) is 3.17. The van der Waals surface area contributed by atoms with E-state index in [1.54, 1.807) is 0 Å². The molecule has 1 N–H and O–H groups in total. The van der Waals surface area contributed by atoms with E-state index in [0.717, 1.165) is 12.8 Å². The molecule has 1 aliphatic heterocycles. The first-order valence-corrected chi connectivity index (χ1v) is 4.91. The Morgan fingerprint density at radius 1 is 1.43 bits per heavy atom. The van der Waals surface area contributed by atoms with Gasteiger partial charge in [0.1, 0.15) is 0 Å². The number of urea groups is 1. The van der Waals surface area contributed by atoms with Crippen molar-refractivity contribution in [3.63, 3.8) is 0 Å². The van der Waals surface area contributed by atoms with E-state index in [9.17, 15) is 9.59 Å². The molecule has 5 nitrogen and oxygen atoms in total. The highest BCUT2D eigenvalue weighted by molar-refractivity contribution is 6.01. The van der Waals surface area contributed by atoms with Crippen LogP contribution in [0.1, 0.15) is 19.8 Å². The molecule has 1 saturated heterocycles. The zero-order valence-corrected chi connectivity index (χ0v) is 8.41. The van der Waals surface area contributed by atoms with Crippen molar-refractivity contribution in [2.75, 3.05) is 26.3 Å². The molecule has 1 aliphatic rings. The summed E-state index contributed by atoms with van der Waals surface area (Å²) < 4.78 is 5.26. The van der Waals surface area contributed by atoms with E-state index in [2.05, 4.69) is 12.2 Å². The van der Waals surface area contributed by atoms with E-state index < -0.39 is 0 Å². The van der Waals surface area contributed by atoms with Crippen LogP contribution >= 0.6 is 0 Å². The Morgan fingerprint density at radius 2 is 2.21 bits per heavy atom. The molecule has 14 heavy (non-hydrogen) atoms. The largest absolute Gasteiger partial charge is 0.380 e. The van der Waals surface area contributed by atoms with Gasteiger partial charge in [-0.25, -0.2) is 4.79 Å². The lowest BCUT2D eigenvalue weighted by molar-refractivity contribution is -0.125. The Bertz CT molecular complexity index is 202. The molecular weight excluding hydrogens is 184 g/mol. The van der Waals surface area contributed by atoms with Crippen molar-refractivity contribution in [2.24, 2.45) is 0 Å².